The molecule has 3 N–H and O–H groups in total. The Balaban J connectivity index is 1.78. The lowest BCUT2D eigenvalue weighted by molar-refractivity contribution is -0.862. The van der Waals surface area contributed by atoms with Gasteiger partial charge in [0.2, 0.25) is 0 Å². The highest BCUT2D eigenvalue weighted by Crippen LogP contribution is 2.27. The van der Waals surface area contributed by atoms with Gasteiger partial charge in [0.15, 0.2) is 13.1 Å². The Morgan fingerprint density at radius 3 is 2.59 bits per heavy atom. The van der Waals surface area contributed by atoms with Crippen LogP contribution in [0.15, 0.2) is 18.2 Å². The lowest BCUT2D eigenvalue weighted by Gasteiger charge is -2.14. The van der Waals surface area contributed by atoms with Gasteiger partial charge in [-0.1, -0.05) is 11.6 Å². The quantitative estimate of drug-likeness (QED) is 0.664. The van der Waals surface area contributed by atoms with Gasteiger partial charge in [0, 0.05) is 11.7 Å². The second-order valence-corrected chi connectivity index (χ2v) is 5.96. The first kappa shape index (κ1) is 16.6. The van der Waals surface area contributed by atoms with Crippen molar-refractivity contribution >= 4 is 29.1 Å². The number of halogens is 1. The number of nitrogens with one attached hydrogen (secondary N) is 3. The minimum Gasteiger partial charge on any atom is -0.495 e. The van der Waals surface area contributed by atoms with Gasteiger partial charge in [0.05, 0.1) is 19.2 Å². The maximum absolute atomic E-state index is 12.0. The standard InChI is InChI=1S/C15H20ClN3O3/c1-19(8-14(20)17-10-3-4-10)9-15(21)18-11-5-6-13(22-2)12(16)7-11/h5-7,10H,3-4,8-9H2,1-2H3,(H,17,20)(H,18,21)/p+1. The topological polar surface area (TPSA) is 71.9 Å². The van der Waals surface area contributed by atoms with Gasteiger partial charge in [-0.3, -0.25) is 9.59 Å². The summed E-state index contributed by atoms with van der Waals surface area (Å²) >= 11 is 6.01. The summed E-state index contributed by atoms with van der Waals surface area (Å²) in [6.07, 6.45) is 2.12. The van der Waals surface area contributed by atoms with Gasteiger partial charge in [-0.05, 0) is 31.0 Å². The summed E-state index contributed by atoms with van der Waals surface area (Å²) in [4.78, 5) is 24.5. The maximum atomic E-state index is 12.0. The van der Waals surface area contributed by atoms with Crippen LogP contribution in [-0.2, 0) is 9.59 Å². The van der Waals surface area contributed by atoms with Gasteiger partial charge in [0.1, 0.15) is 5.75 Å². The van der Waals surface area contributed by atoms with Crippen LogP contribution in [0.25, 0.3) is 0 Å². The molecule has 120 valence electrons. The third kappa shape index (κ3) is 5.20. The predicted octanol–water partition coefficient (Wildman–Crippen LogP) is 0.0804. The molecule has 1 unspecified atom stereocenters. The molecule has 0 radical (unpaired) electrons. The minimum absolute atomic E-state index is 0.0136. The first-order chi connectivity index (χ1) is 10.5. The Kier molecular flexibility index (Phi) is 5.63. The summed E-state index contributed by atoms with van der Waals surface area (Å²) in [5.41, 5.74) is 0.603. The van der Waals surface area contributed by atoms with E-state index in [0.29, 0.717) is 22.5 Å². The van der Waals surface area contributed by atoms with E-state index >= 15 is 0 Å². The molecule has 1 saturated carbocycles. The van der Waals surface area contributed by atoms with Gasteiger partial charge < -0.3 is 20.3 Å². The Bertz CT molecular complexity index is 561. The second kappa shape index (κ2) is 7.47. The van der Waals surface area contributed by atoms with Crippen LogP contribution in [0, 0.1) is 0 Å². The molecule has 0 spiro atoms. The second-order valence-electron chi connectivity index (χ2n) is 5.55. The maximum Gasteiger partial charge on any atom is 0.279 e. The Labute approximate surface area is 134 Å². The summed E-state index contributed by atoms with van der Waals surface area (Å²) in [7, 11) is 3.34. The SMILES string of the molecule is COc1ccc(NC(=O)C[NH+](C)CC(=O)NC2CC2)cc1Cl. The van der Waals surface area contributed by atoms with Gasteiger partial charge in [-0.15, -0.1) is 0 Å². The number of likely N-dealkylation sites (N-methyl/N-ethyl adjacent to an activating group) is 1. The number of ether oxygens (including phenoxy) is 1. The lowest BCUT2D eigenvalue weighted by Crippen LogP contribution is -3.11. The zero-order valence-electron chi connectivity index (χ0n) is 12.7. The van der Waals surface area contributed by atoms with E-state index in [1.165, 1.54) is 7.11 Å². The smallest absolute Gasteiger partial charge is 0.279 e. The number of carbonyl (C=O) groups excluding carboxylic acids is 2. The highest BCUT2D eigenvalue weighted by Gasteiger charge is 2.24. The number of hydrogen-bond donors (Lipinski definition) is 3. The van der Waals surface area contributed by atoms with Crippen LogP contribution in [-0.4, -0.2) is 45.1 Å². The van der Waals surface area contributed by atoms with Crippen LogP contribution in [0.1, 0.15) is 12.8 Å². The number of benzene rings is 1. The average molecular weight is 327 g/mol. The zero-order chi connectivity index (χ0) is 16.1. The molecule has 0 saturated heterocycles. The van der Waals surface area contributed by atoms with Crippen LogP contribution < -0.4 is 20.3 Å². The highest BCUT2D eigenvalue weighted by molar-refractivity contribution is 6.32. The minimum atomic E-state index is -0.169. The number of rotatable bonds is 7. The summed E-state index contributed by atoms with van der Waals surface area (Å²) in [5, 5.41) is 6.10. The molecule has 0 aliphatic heterocycles. The molecule has 0 bridgehead atoms. The van der Waals surface area contributed by atoms with Crippen molar-refractivity contribution in [3.8, 4) is 5.75 Å². The number of quaternary nitrogens is 1. The molecule has 0 heterocycles. The normalized spacial score (nSPS) is 15.0. The highest BCUT2D eigenvalue weighted by atomic mass is 35.5. The largest absolute Gasteiger partial charge is 0.495 e. The van der Waals surface area contributed by atoms with Crippen molar-refractivity contribution < 1.29 is 19.2 Å². The van der Waals surface area contributed by atoms with Crippen LogP contribution in [0.4, 0.5) is 5.69 Å². The van der Waals surface area contributed by atoms with Crippen molar-refractivity contribution in [1.29, 1.82) is 0 Å². The monoisotopic (exact) mass is 326 g/mol. The molecule has 2 rings (SSSR count). The fraction of sp³-hybridized carbons (Fsp3) is 0.467. The molecule has 1 aromatic carbocycles. The molecule has 6 nitrogen and oxygen atoms in total. The summed E-state index contributed by atoms with van der Waals surface area (Å²) < 4.78 is 5.06. The van der Waals surface area contributed by atoms with Crippen molar-refractivity contribution in [2.75, 3.05) is 32.6 Å². The average Bonchev–Trinajstić information content (AvgIpc) is 3.22. The summed E-state index contributed by atoms with van der Waals surface area (Å²) in [6, 6.07) is 5.39. The van der Waals surface area contributed by atoms with E-state index in [0.717, 1.165) is 17.7 Å². The number of methoxy groups -OCH3 is 1. The molecule has 0 aromatic heterocycles. The fourth-order valence-corrected chi connectivity index (χ4v) is 2.32. The van der Waals surface area contributed by atoms with Crippen LogP contribution >= 0.6 is 11.6 Å². The van der Waals surface area contributed by atoms with Crippen LogP contribution in [0.2, 0.25) is 5.02 Å². The van der Waals surface area contributed by atoms with E-state index in [-0.39, 0.29) is 24.9 Å². The van der Waals surface area contributed by atoms with Gasteiger partial charge in [-0.2, -0.15) is 0 Å². The Morgan fingerprint density at radius 2 is 2.00 bits per heavy atom. The molecule has 7 heteroatoms. The van der Waals surface area contributed by atoms with E-state index in [9.17, 15) is 9.59 Å². The number of hydrogen-bond acceptors (Lipinski definition) is 3. The summed E-state index contributed by atoms with van der Waals surface area (Å²) in [5.74, 6) is 0.373. The van der Waals surface area contributed by atoms with Crippen molar-refractivity contribution in [2.45, 2.75) is 18.9 Å². The predicted molar refractivity (Wildman–Crippen MR) is 84.4 cm³/mol. The van der Waals surface area contributed by atoms with Crippen molar-refractivity contribution in [3.05, 3.63) is 23.2 Å². The van der Waals surface area contributed by atoms with E-state index in [4.69, 9.17) is 16.3 Å². The van der Waals surface area contributed by atoms with Crippen molar-refractivity contribution in [2.24, 2.45) is 0 Å². The molecule has 22 heavy (non-hydrogen) atoms. The molecular weight excluding hydrogens is 306 g/mol. The van der Waals surface area contributed by atoms with Gasteiger partial charge in [-0.25, -0.2) is 0 Å². The number of amides is 2. The van der Waals surface area contributed by atoms with Gasteiger partial charge >= 0.3 is 0 Å². The third-order valence-electron chi connectivity index (χ3n) is 3.30. The van der Waals surface area contributed by atoms with E-state index in [1.807, 2.05) is 7.05 Å². The number of carbonyl (C=O) groups is 2. The molecule has 1 aliphatic rings. The molecule has 1 atom stereocenters. The van der Waals surface area contributed by atoms with E-state index < -0.39 is 0 Å². The first-order valence-electron chi connectivity index (χ1n) is 7.22. The molecule has 1 aliphatic carbocycles. The molecule has 1 aromatic rings. The molecule has 2 amide bonds. The molecular formula is C15H21ClN3O3+. The molecule has 1 fully saturated rings. The first-order valence-corrected chi connectivity index (χ1v) is 7.59. The summed E-state index contributed by atoms with van der Waals surface area (Å²) in [6.45, 7) is 0.495. The Morgan fingerprint density at radius 1 is 1.32 bits per heavy atom. The van der Waals surface area contributed by atoms with E-state index in [2.05, 4.69) is 10.6 Å². The Hall–Kier alpha value is -1.79. The van der Waals surface area contributed by atoms with Crippen molar-refractivity contribution in [1.82, 2.24) is 5.32 Å². The fourth-order valence-electron chi connectivity index (χ4n) is 2.07. The number of anilines is 1. The van der Waals surface area contributed by atoms with Crippen molar-refractivity contribution in [3.63, 3.8) is 0 Å². The third-order valence-corrected chi connectivity index (χ3v) is 3.60. The van der Waals surface area contributed by atoms with E-state index in [1.54, 1.807) is 18.2 Å². The zero-order valence-corrected chi connectivity index (χ0v) is 13.5. The van der Waals surface area contributed by atoms with Crippen LogP contribution in [0.3, 0.4) is 0 Å². The van der Waals surface area contributed by atoms with Crippen LogP contribution in [0.5, 0.6) is 5.75 Å². The lowest BCUT2D eigenvalue weighted by atomic mass is 10.3. The van der Waals surface area contributed by atoms with Gasteiger partial charge in [0.25, 0.3) is 11.8 Å².